The van der Waals surface area contributed by atoms with E-state index in [2.05, 4.69) is 16.3 Å². The van der Waals surface area contributed by atoms with Crippen LogP contribution < -0.4 is 4.74 Å². The Bertz CT molecular complexity index is 750. The summed E-state index contributed by atoms with van der Waals surface area (Å²) in [6.07, 6.45) is 4.94. The standard InChI is InChI=1S/C16H16N4O3/c1-22-16-7-12(2-4-18-16)13-8-15(23-19-13)14(21)6-11-3-5-20(9-11)10-17/h2,4,7-8,11H,3,5-6,9H2,1H3/t11-/m0/s1. The highest BCUT2D eigenvalue weighted by Gasteiger charge is 2.26. The third-order valence-corrected chi connectivity index (χ3v) is 3.93. The van der Waals surface area contributed by atoms with Crippen LogP contribution in [0.3, 0.4) is 0 Å². The molecule has 2 aromatic heterocycles. The lowest BCUT2D eigenvalue weighted by Crippen LogP contribution is -2.15. The van der Waals surface area contributed by atoms with Crippen molar-refractivity contribution in [2.75, 3.05) is 20.2 Å². The van der Waals surface area contributed by atoms with E-state index in [1.54, 1.807) is 29.3 Å². The van der Waals surface area contributed by atoms with Crippen LogP contribution in [0.15, 0.2) is 28.9 Å². The van der Waals surface area contributed by atoms with E-state index in [0.717, 1.165) is 12.0 Å². The number of ether oxygens (including phenoxy) is 1. The average molecular weight is 312 g/mol. The highest BCUT2D eigenvalue weighted by Crippen LogP contribution is 2.25. The van der Waals surface area contributed by atoms with Crippen molar-refractivity contribution in [1.82, 2.24) is 15.0 Å². The molecule has 1 fully saturated rings. The molecule has 1 aliphatic heterocycles. The summed E-state index contributed by atoms with van der Waals surface area (Å²) in [6, 6.07) is 5.14. The number of carbonyl (C=O) groups excluding carboxylic acids is 1. The van der Waals surface area contributed by atoms with Gasteiger partial charge in [-0.1, -0.05) is 5.16 Å². The summed E-state index contributed by atoms with van der Waals surface area (Å²) in [5, 5.41) is 12.8. The summed E-state index contributed by atoms with van der Waals surface area (Å²) < 4.78 is 10.3. The van der Waals surface area contributed by atoms with E-state index in [1.165, 1.54) is 7.11 Å². The first-order valence-electron chi connectivity index (χ1n) is 7.34. The summed E-state index contributed by atoms with van der Waals surface area (Å²) in [5.41, 5.74) is 1.34. The topological polar surface area (TPSA) is 92.2 Å². The normalized spacial score (nSPS) is 17.0. The van der Waals surface area contributed by atoms with Crippen LogP contribution in [-0.4, -0.2) is 41.0 Å². The lowest BCUT2D eigenvalue weighted by atomic mass is 10.0. The number of carbonyl (C=O) groups is 1. The summed E-state index contributed by atoms with van der Waals surface area (Å²) in [6.45, 7) is 1.34. The number of Topliss-reactive ketones (excluding diaryl/α,β-unsaturated/α-hetero) is 1. The molecule has 3 rings (SSSR count). The third-order valence-electron chi connectivity index (χ3n) is 3.93. The first kappa shape index (κ1) is 15.0. The molecule has 0 aromatic carbocycles. The predicted molar refractivity (Wildman–Crippen MR) is 80.5 cm³/mol. The monoisotopic (exact) mass is 312 g/mol. The van der Waals surface area contributed by atoms with Crippen LogP contribution in [0, 0.1) is 17.4 Å². The number of aromatic nitrogens is 2. The van der Waals surface area contributed by atoms with Gasteiger partial charge in [0.2, 0.25) is 17.4 Å². The van der Waals surface area contributed by atoms with Gasteiger partial charge in [0.05, 0.1) is 7.11 Å². The van der Waals surface area contributed by atoms with E-state index in [0.29, 0.717) is 31.1 Å². The van der Waals surface area contributed by atoms with E-state index >= 15 is 0 Å². The van der Waals surface area contributed by atoms with Gasteiger partial charge >= 0.3 is 0 Å². The van der Waals surface area contributed by atoms with Crippen molar-refractivity contribution in [1.29, 1.82) is 5.26 Å². The van der Waals surface area contributed by atoms with Gasteiger partial charge in [-0.25, -0.2) is 4.98 Å². The van der Waals surface area contributed by atoms with Gasteiger partial charge in [-0.2, -0.15) is 5.26 Å². The Hall–Kier alpha value is -2.88. The van der Waals surface area contributed by atoms with Gasteiger partial charge < -0.3 is 14.2 Å². The Morgan fingerprint density at radius 1 is 1.57 bits per heavy atom. The molecule has 0 N–H and O–H groups in total. The third kappa shape index (κ3) is 3.31. The number of pyridine rings is 1. The lowest BCUT2D eigenvalue weighted by molar-refractivity contribution is 0.0927. The maximum absolute atomic E-state index is 12.3. The molecular weight excluding hydrogens is 296 g/mol. The second-order valence-corrected chi connectivity index (χ2v) is 5.49. The molecule has 0 radical (unpaired) electrons. The zero-order valence-electron chi connectivity index (χ0n) is 12.7. The fraction of sp³-hybridized carbons (Fsp3) is 0.375. The summed E-state index contributed by atoms with van der Waals surface area (Å²) in [5.74, 6) is 0.818. The van der Waals surface area contributed by atoms with Gasteiger partial charge in [0.25, 0.3) is 0 Å². The Morgan fingerprint density at radius 3 is 3.17 bits per heavy atom. The van der Waals surface area contributed by atoms with Crippen molar-refractivity contribution >= 4 is 5.78 Å². The molecule has 0 amide bonds. The quantitative estimate of drug-likeness (QED) is 0.616. The Morgan fingerprint density at radius 2 is 2.43 bits per heavy atom. The van der Waals surface area contributed by atoms with Gasteiger partial charge in [0.1, 0.15) is 5.69 Å². The maximum atomic E-state index is 12.3. The fourth-order valence-corrected chi connectivity index (χ4v) is 2.68. The van der Waals surface area contributed by atoms with Crippen LogP contribution in [0.25, 0.3) is 11.3 Å². The van der Waals surface area contributed by atoms with Crippen LogP contribution in [0.2, 0.25) is 0 Å². The molecule has 2 aromatic rings. The predicted octanol–water partition coefficient (Wildman–Crippen LogP) is 2.12. The number of likely N-dealkylation sites (tertiary alicyclic amines) is 1. The van der Waals surface area contributed by atoms with Crippen molar-refractivity contribution in [3.05, 3.63) is 30.2 Å². The van der Waals surface area contributed by atoms with Gasteiger partial charge in [0.15, 0.2) is 6.19 Å². The molecule has 0 unspecified atom stereocenters. The zero-order valence-corrected chi connectivity index (χ0v) is 12.7. The molecule has 23 heavy (non-hydrogen) atoms. The number of hydrogen-bond acceptors (Lipinski definition) is 7. The minimum Gasteiger partial charge on any atom is -0.481 e. The van der Waals surface area contributed by atoms with Gasteiger partial charge in [-0.05, 0) is 18.4 Å². The van der Waals surface area contributed by atoms with Crippen LogP contribution in [0.5, 0.6) is 5.88 Å². The van der Waals surface area contributed by atoms with Crippen molar-refractivity contribution in [3.8, 4) is 23.3 Å². The molecule has 0 saturated carbocycles. The highest BCUT2D eigenvalue weighted by atomic mass is 16.5. The number of methoxy groups -OCH3 is 1. The second-order valence-electron chi connectivity index (χ2n) is 5.49. The Kier molecular flexibility index (Phi) is 4.24. The molecule has 7 nitrogen and oxygen atoms in total. The molecule has 3 heterocycles. The summed E-state index contributed by atoms with van der Waals surface area (Å²) in [4.78, 5) is 18.0. The van der Waals surface area contributed by atoms with Crippen molar-refractivity contribution in [2.24, 2.45) is 5.92 Å². The van der Waals surface area contributed by atoms with Crippen LogP contribution in [-0.2, 0) is 0 Å². The van der Waals surface area contributed by atoms with Crippen molar-refractivity contribution in [3.63, 3.8) is 0 Å². The molecule has 1 saturated heterocycles. The Balaban J connectivity index is 1.69. The maximum Gasteiger partial charge on any atom is 0.213 e. The largest absolute Gasteiger partial charge is 0.481 e. The smallest absolute Gasteiger partial charge is 0.213 e. The van der Waals surface area contributed by atoms with Crippen LogP contribution >= 0.6 is 0 Å². The molecule has 0 bridgehead atoms. The number of nitriles is 1. The molecule has 118 valence electrons. The van der Waals surface area contributed by atoms with E-state index < -0.39 is 0 Å². The van der Waals surface area contributed by atoms with E-state index in [9.17, 15) is 4.79 Å². The number of hydrogen-bond donors (Lipinski definition) is 0. The van der Waals surface area contributed by atoms with Crippen molar-refractivity contribution < 1.29 is 14.1 Å². The minimum atomic E-state index is -0.0884. The molecule has 0 aliphatic carbocycles. The first-order valence-corrected chi connectivity index (χ1v) is 7.34. The van der Waals surface area contributed by atoms with E-state index in [-0.39, 0.29) is 17.5 Å². The van der Waals surface area contributed by atoms with Crippen molar-refractivity contribution in [2.45, 2.75) is 12.8 Å². The second kappa shape index (κ2) is 6.48. The molecule has 0 spiro atoms. The SMILES string of the molecule is COc1cc(-c2cc(C(=O)C[C@@H]3CCN(C#N)C3)on2)ccn1. The number of nitrogens with zero attached hydrogens (tertiary/aromatic N) is 4. The molecule has 7 heteroatoms. The van der Waals surface area contributed by atoms with Gasteiger partial charge in [-0.3, -0.25) is 4.79 Å². The van der Waals surface area contributed by atoms with Gasteiger partial charge in [0, 0.05) is 43.4 Å². The van der Waals surface area contributed by atoms with Crippen LogP contribution in [0.4, 0.5) is 0 Å². The summed E-state index contributed by atoms with van der Waals surface area (Å²) in [7, 11) is 1.54. The molecule has 1 aliphatic rings. The zero-order chi connectivity index (χ0) is 16.2. The van der Waals surface area contributed by atoms with E-state index in [1.807, 2.05) is 0 Å². The number of rotatable bonds is 5. The molecular formula is C16H16N4O3. The Labute approximate surface area is 133 Å². The highest BCUT2D eigenvalue weighted by molar-refractivity contribution is 5.94. The lowest BCUT2D eigenvalue weighted by Gasteiger charge is -2.06. The minimum absolute atomic E-state index is 0.0884. The van der Waals surface area contributed by atoms with Crippen LogP contribution in [0.1, 0.15) is 23.4 Å². The fourth-order valence-electron chi connectivity index (χ4n) is 2.68. The molecule has 1 atom stereocenters. The summed E-state index contributed by atoms with van der Waals surface area (Å²) >= 11 is 0. The van der Waals surface area contributed by atoms with E-state index in [4.69, 9.17) is 14.5 Å². The first-order chi connectivity index (χ1) is 11.2. The average Bonchev–Trinajstić information content (AvgIpc) is 3.24. The number of ketones is 1. The van der Waals surface area contributed by atoms with Gasteiger partial charge in [-0.15, -0.1) is 0 Å².